The van der Waals surface area contributed by atoms with Crippen LogP contribution in [-0.4, -0.2) is 85.3 Å². The van der Waals surface area contributed by atoms with E-state index in [2.05, 4.69) is 70.5 Å². The van der Waals surface area contributed by atoms with E-state index in [0.29, 0.717) is 13.0 Å². The van der Waals surface area contributed by atoms with Gasteiger partial charge in [0.25, 0.3) is 0 Å². The van der Waals surface area contributed by atoms with Gasteiger partial charge in [-0.1, -0.05) is 60.7 Å². The summed E-state index contributed by atoms with van der Waals surface area (Å²) in [5.41, 5.74) is 2.58. The minimum atomic E-state index is -3.00. The predicted molar refractivity (Wildman–Crippen MR) is 130 cm³/mol. The predicted octanol–water partition coefficient (Wildman–Crippen LogP) is 2.57. The van der Waals surface area contributed by atoms with Crippen molar-refractivity contribution in [1.82, 2.24) is 14.7 Å². The summed E-state index contributed by atoms with van der Waals surface area (Å²) in [6.45, 7) is 3.85. The molecule has 1 aliphatic carbocycles. The molecule has 2 aromatic rings. The van der Waals surface area contributed by atoms with Crippen molar-refractivity contribution >= 4 is 15.7 Å². The van der Waals surface area contributed by atoms with Crippen LogP contribution in [0.2, 0.25) is 0 Å². The number of carbonyl (C=O) groups is 1. The maximum Gasteiger partial charge on any atom is 0.237 e. The lowest BCUT2D eigenvalue weighted by molar-refractivity contribution is -0.135. The second-order valence-electron chi connectivity index (χ2n) is 9.63. The Hall–Kier alpha value is -2.22. The number of hydrogen-bond acceptors (Lipinski definition) is 5. The number of carbonyl (C=O) groups excluding carboxylic acids is 1. The summed E-state index contributed by atoms with van der Waals surface area (Å²) in [5, 5.41) is 0. The third-order valence-electron chi connectivity index (χ3n) is 7.19. The smallest absolute Gasteiger partial charge is 0.237 e. The summed E-state index contributed by atoms with van der Waals surface area (Å²) in [7, 11) is -3.00. The highest BCUT2D eigenvalue weighted by Gasteiger charge is 2.42. The fourth-order valence-corrected chi connectivity index (χ4v) is 7.10. The largest absolute Gasteiger partial charge is 0.335 e. The highest BCUT2D eigenvalue weighted by atomic mass is 32.2. The zero-order valence-corrected chi connectivity index (χ0v) is 19.9. The number of amides is 1. The number of hydrogen-bond donors (Lipinski definition) is 0. The van der Waals surface area contributed by atoms with E-state index in [-0.39, 0.29) is 35.5 Å². The number of piperazine rings is 1. The van der Waals surface area contributed by atoms with Crippen LogP contribution in [0.15, 0.2) is 60.7 Å². The average Bonchev–Trinajstić information content (AvgIpc) is 3.59. The Morgan fingerprint density at radius 3 is 1.91 bits per heavy atom. The first-order valence-corrected chi connectivity index (χ1v) is 13.9. The van der Waals surface area contributed by atoms with Gasteiger partial charge in [0.1, 0.15) is 0 Å². The van der Waals surface area contributed by atoms with Gasteiger partial charge >= 0.3 is 0 Å². The van der Waals surface area contributed by atoms with Gasteiger partial charge in [-0.25, -0.2) is 8.42 Å². The van der Waals surface area contributed by atoms with Crippen LogP contribution in [0, 0.1) is 0 Å². The van der Waals surface area contributed by atoms with E-state index in [1.807, 2.05) is 4.90 Å². The molecule has 0 unspecified atom stereocenters. The van der Waals surface area contributed by atoms with E-state index in [1.54, 1.807) is 0 Å². The van der Waals surface area contributed by atoms with Crippen molar-refractivity contribution < 1.29 is 13.2 Å². The van der Waals surface area contributed by atoms with Crippen molar-refractivity contribution in [2.24, 2.45) is 0 Å². The molecule has 7 heteroatoms. The summed E-state index contributed by atoms with van der Waals surface area (Å²) in [5.74, 6) is 0.460. The SMILES string of the molecule is O=C(CN1CCN(C(c2ccccc2)c2ccccc2)CC1)N(C1CC1)[C@@H]1CCS(=O)(=O)C1. The van der Waals surface area contributed by atoms with Crippen LogP contribution in [0.3, 0.4) is 0 Å². The van der Waals surface area contributed by atoms with Crippen LogP contribution < -0.4 is 0 Å². The molecule has 1 amide bonds. The zero-order chi connectivity index (χ0) is 22.8. The lowest BCUT2D eigenvalue weighted by Gasteiger charge is -2.40. The van der Waals surface area contributed by atoms with Gasteiger partial charge < -0.3 is 4.90 Å². The maximum absolute atomic E-state index is 13.2. The summed E-state index contributed by atoms with van der Waals surface area (Å²) < 4.78 is 24.0. The summed E-state index contributed by atoms with van der Waals surface area (Å²) in [6, 6.07) is 21.6. The van der Waals surface area contributed by atoms with Crippen LogP contribution in [-0.2, 0) is 14.6 Å². The fourth-order valence-electron chi connectivity index (χ4n) is 5.39. The molecule has 176 valence electrons. The summed E-state index contributed by atoms with van der Waals surface area (Å²) >= 11 is 0. The van der Waals surface area contributed by atoms with E-state index >= 15 is 0 Å². The van der Waals surface area contributed by atoms with Crippen LogP contribution in [0.4, 0.5) is 0 Å². The molecule has 0 bridgehead atoms. The van der Waals surface area contributed by atoms with Gasteiger partial charge in [0, 0.05) is 38.3 Å². The lowest BCUT2D eigenvalue weighted by Crippen LogP contribution is -2.52. The van der Waals surface area contributed by atoms with E-state index in [9.17, 15) is 13.2 Å². The topological polar surface area (TPSA) is 60.9 Å². The van der Waals surface area contributed by atoms with Gasteiger partial charge in [0.15, 0.2) is 9.84 Å². The highest BCUT2D eigenvalue weighted by Crippen LogP contribution is 2.33. The van der Waals surface area contributed by atoms with E-state index in [1.165, 1.54) is 11.1 Å². The van der Waals surface area contributed by atoms with E-state index < -0.39 is 9.84 Å². The molecule has 33 heavy (non-hydrogen) atoms. The molecule has 0 aromatic heterocycles. The second-order valence-corrected chi connectivity index (χ2v) is 11.9. The molecule has 2 aromatic carbocycles. The second kappa shape index (κ2) is 9.57. The number of nitrogens with zero attached hydrogens (tertiary/aromatic N) is 3. The van der Waals surface area contributed by atoms with Crippen molar-refractivity contribution in [2.45, 2.75) is 37.4 Å². The highest BCUT2D eigenvalue weighted by molar-refractivity contribution is 7.91. The van der Waals surface area contributed by atoms with Crippen molar-refractivity contribution in [3.63, 3.8) is 0 Å². The Morgan fingerprint density at radius 2 is 1.42 bits per heavy atom. The van der Waals surface area contributed by atoms with Gasteiger partial charge in [0.2, 0.25) is 5.91 Å². The lowest BCUT2D eigenvalue weighted by atomic mass is 9.96. The first-order valence-electron chi connectivity index (χ1n) is 12.1. The number of benzene rings is 2. The van der Waals surface area contributed by atoms with Crippen molar-refractivity contribution in [3.05, 3.63) is 71.8 Å². The van der Waals surface area contributed by atoms with Crippen molar-refractivity contribution in [3.8, 4) is 0 Å². The molecule has 3 fully saturated rings. The molecule has 2 aliphatic heterocycles. The molecule has 1 saturated carbocycles. The molecule has 5 rings (SSSR count). The Balaban J connectivity index is 1.23. The van der Waals surface area contributed by atoms with Crippen LogP contribution in [0.1, 0.15) is 36.4 Å². The Bertz CT molecular complexity index is 1010. The van der Waals surface area contributed by atoms with E-state index in [0.717, 1.165) is 39.0 Å². The summed E-state index contributed by atoms with van der Waals surface area (Å²) in [6.07, 6.45) is 2.60. The summed E-state index contributed by atoms with van der Waals surface area (Å²) in [4.78, 5) is 19.9. The normalized spacial score (nSPS) is 23.6. The monoisotopic (exact) mass is 467 g/mol. The van der Waals surface area contributed by atoms with Gasteiger partial charge in [-0.2, -0.15) is 0 Å². The molecule has 0 N–H and O–H groups in total. The fraction of sp³-hybridized carbons (Fsp3) is 0.500. The number of sulfone groups is 1. The molecule has 2 saturated heterocycles. The average molecular weight is 468 g/mol. The maximum atomic E-state index is 13.2. The minimum Gasteiger partial charge on any atom is -0.335 e. The number of rotatable bonds is 7. The quantitative estimate of drug-likeness (QED) is 0.626. The van der Waals surface area contributed by atoms with Gasteiger partial charge in [-0.05, 0) is 30.4 Å². The Labute approximate surface area is 197 Å². The molecule has 1 atom stereocenters. The van der Waals surface area contributed by atoms with Gasteiger partial charge in [-0.15, -0.1) is 0 Å². The molecule has 0 radical (unpaired) electrons. The molecule has 6 nitrogen and oxygen atoms in total. The molecule has 0 spiro atoms. The van der Waals surface area contributed by atoms with Crippen molar-refractivity contribution in [2.75, 3.05) is 44.2 Å². The molecular weight excluding hydrogens is 434 g/mol. The van der Waals surface area contributed by atoms with Gasteiger partial charge in [-0.3, -0.25) is 14.6 Å². The van der Waals surface area contributed by atoms with Crippen LogP contribution in [0.25, 0.3) is 0 Å². The molecule has 3 aliphatic rings. The first kappa shape index (κ1) is 22.6. The van der Waals surface area contributed by atoms with E-state index in [4.69, 9.17) is 0 Å². The van der Waals surface area contributed by atoms with Crippen LogP contribution in [0.5, 0.6) is 0 Å². The minimum absolute atomic E-state index is 0.107. The van der Waals surface area contributed by atoms with Crippen LogP contribution >= 0.6 is 0 Å². The molecule has 2 heterocycles. The standard InChI is InChI=1S/C26H33N3O3S/c30-25(29(23-11-12-23)24-13-18-33(31,32)20-24)19-27-14-16-28(17-15-27)26(21-7-3-1-4-8-21)22-9-5-2-6-10-22/h1-10,23-24,26H,11-20H2/t24-/m1/s1. The first-order chi connectivity index (χ1) is 16.0. The Morgan fingerprint density at radius 1 is 0.848 bits per heavy atom. The van der Waals surface area contributed by atoms with Crippen molar-refractivity contribution in [1.29, 1.82) is 0 Å². The Kier molecular flexibility index (Phi) is 6.54. The van der Waals surface area contributed by atoms with Gasteiger partial charge in [0.05, 0.1) is 24.1 Å². The third-order valence-corrected chi connectivity index (χ3v) is 8.94. The zero-order valence-electron chi connectivity index (χ0n) is 19.1. The molecular formula is C26H33N3O3S. The third kappa shape index (κ3) is 5.31.